The second-order valence-corrected chi connectivity index (χ2v) is 6.59. The van der Waals surface area contributed by atoms with Crippen LogP contribution >= 0.6 is 11.3 Å². The molecule has 2 aromatic rings. The van der Waals surface area contributed by atoms with E-state index in [1.165, 1.54) is 25.5 Å². The number of nitrogens with one attached hydrogen (secondary N) is 1. The molecule has 0 aliphatic carbocycles. The third kappa shape index (κ3) is 4.65. The van der Waals surface area contributed by atoms with Gasteiger partial charge in [0.1, 0.15) is 10.8 Å². The molecule has 0 spiro atoms. The van der Waals surface area contributed by atoms with Gasteiger partial charge in [0.15, 0.2) is 0 Å². The van der Waals surface area contributed by atoms with Crippen LogP contribution in [-0.2, 0) is 9.53 Å². The van der Waals surface area contributed by atoms with Gasteiger partial charge in [-0.2, -0.15) is 0 Å². The van der Waals surface area contributed by atoms with Gasteiger partial charge in [-0.05, 0) is 44.5 Å². The summed E-state index contributed by atoms with van der Waals surface area (Å²) in [6.07, 6.45) is 4.30. The highest BCUT2D eigenvalue weighted by atomic mass is 32.1. The largest absolute Gasteiger partial charge is 0.465 e. The molecule has 2 aromatic heterocycles. The Balaban J connectivity index is 2.33. The van der Waals surface area contributed by atoms with Gasteiger partial charge in [0.05, 0.1) is 23.8 Å². The van der Waals surface area contributed by atoms with Crippen LogP contribution in [0, 0.1) is 6.92 Å². The maximum atomic E-state index is 12.7. The van der Waals surface area contributed by atoms with E-state index in [9.17, 15) is 14.4 Å². The van der Waals surface area contributed by atoms with Gasteiger partial charge in [-0.15, -0.1) is 11.3 Å². The van der Waals surface area contributed by atoms with Gasteiger partial charge in [0, 0.05) is 19.2 Å². The molecule has 0 radical (unpaired) electrons. The molecule has 0 atom stereocenters. The van der Waals surface area contributed by atoms with Crippen molar-refractivity contribution >= 4 is 40.2 Å². The number of thiophene rings is 1. The number of anilines is 1. The van der Waals surface area contributed by atoms with Crippen LogP contribution in [-0.4, -0.2) is 42.9 Å². The van der Waals surface area contributed by atoms with E-state index in [1.807, 2.05) is 13.8 Å². The van der Waals surface area contributed by atoms with E-state index < -0.39 is 11.9 Å². The molecule has 1 N–H and O–H groups in total. The van der Waals surface area contributed by atoms with Crippen LogP contribution in [0.4, 0.5) is 5.00 Å². The molecule has 0 bridgehead atoms. The summed E-state index contributed by atoms with van der Waals surface area (Å²) in [5, 5.41) is 2.94. The summed E-state index contributed by atoms with van der Waals surface area (Å²) in [6, 6.07) is 3.42. The molecule has 0 fully saturated rings. The van der Waals surface area contributed by atoms with E-state index in [1.54, 1.807) is 24.0 Å². The summed E-state index contributed by atoms with van der Waals surface area (Å²) in [4.78, 5) is 39.2. The summed E-state index contributed by atoms with van der Waals surface area (Å²) in [5.74, 6) is -0.704. The number of hydrogen-bond acceptors (Lipinski definition) is 6. The molecule has 8 heteroatoms. The molecule has 0 aliphatic rings. The third-order valence-electron chi connectivity index (χ3n) is 3.96. The van der Waals surface area contributed by atoms with Gasteiger partial charge >= 0.3 is 5.97 Å². The fourth-order valence-corrected chi connectivity index (χ4v) is 3.67. The maximum absolute atomic E-state index is 12.7. The number of rotatable bonds is 7. The lowest BCUT2D eigenvalue weighted by atomic mass is 10.1. The van der Waals surface area contributed by atoms with E-state index in [0.717, 1.165) is 11.3 Å². The van der Waals surface area contributed by atoms with Crippen LogP contribution in [0.25, 0.3) is 6.08 Å². The molecule has 0 saturated carbocycles. The van der Waals surface area contributed by atoms with Gasteiger partial charge in [-0.3, -0.25) is 9.59 Å². The number of amides is 2. The summed E-state index contributed by atoms with van der Waals surface area (Å²) >= 11 is 1.07. The Morgan fingerprint density at radius 3 is 2.56 bits per heavy atom. The molecular weight excluding hydrogens is 368 g/mol. The molecule has 0 saturated heterocycles. The molecular formula is C19H22N2O5S. The van der Waals surface area contributed by atoms with Crippen LogP contribution in [0.5, 0.6) is 0 Å². The van der Waals surface area contributed by atoms with Crippen molar-refractivity contribution in [3.05, 3.63) is 46.2 Å². The number of nitrogens with zero attached hydrogens (tertiary/aromatic N) is 1. The van der Waals surface area contributed by atoms with E-state index in [0.29, 0.717) is 29.3 Å². The Bertz CT molecular complexity index is 848. The molecule has 2 rings (SSSR count). The van der Waals surface area contributed by atoms with Crippen molar-refractivity contribution in [2.75, 3.05) is 25.5 Å². The van der Waals surface area contributed by atoms with Crippen molar-refractivity contribution in [2.24, 2.45) is 0 Å². The van der Waals surface area contributed by atoms with Crippen LogP contribution in [0.1, 0.15) is 45.2 Å². The lowest BCUT2D eigenvalue weighted by molar-refractivity contribution is -0.111. The minimum atomic E-state index is -0.604. The Kier molecular flexibility index (Phi) is 6.95. The number of ether oxygens (including phenoxy) is 1. The number of carbonyl (C=O) groups excluding carboxylic acids is 3. The van der Waals surface area contributed by atoms with Gasteiger partial charge in [-0.1, -0.05) is 0 Å². The molecule has 0 aromatic carbocycles. The summed E-state index contributed by atoms with van der Waals surface area (Å²) in [5.41, 5.74) is 0.687. The first-order valence-corrected chi connectivity index (χ1v) is 9.28. The highest BCUT2D eigenvalue weighted by molar-refractivity contribution is 7.18. The Hall–Kier alpha value is -2.87. The van der Waals surface area contributed by atoms with E-state index in [2.05, 4.69) is 5.32 Å². The minimum Gasteiger partial charge on any atom is -0.465 e. The molecule has 0 aliphatic heterocycles. The standard InChI is InChI=1S/C19H22N2O5S/c1-5-21(6-2)18(23)16-12(3)15(19(24)25-4)17(27-16)20-14(22)10-9-13-8-7-11-26-13/h7-11H,5-6H2,1-4H3,(H,20,22). The smallest absolute Gasteiger partial charge is 0.341 e. The summed E-state index contributed by atoms with van der Waals surface area (Å²) in [6.45, 7) is 6.54. The first-order valence-electron chi connectivity index (χ1n) is 8.46. The number of carbonyl (C=O) groups is 3. The molecule has 27 heavy (non-hydrogen) atoms. The summed E-state index contributed by atoms with van der Waals surface area (Å²) < 4.78 is 9.95. The first-order chi connectivity index (χ1) is 12.9. The summed E-state index contributed by atoms with van der Waals surface area (Å²) in [7, 11) is 1.26. The van der Waals surface area contributed by atoms with Crippen molar-refractivity contribution in [1.29, 1.82) is 0 Å². The average molecular weight is 390 g/mol. The fraction of sp³-hybridized carbons (Fsp3) is 0.316. The van der Waals surface area contributed by atoms with Crippen LogP contribution < -0.4 is 5.32 Å². The van der Waals surface area contributed by atoms with Crippen LogP contribution in [0.15, 0.2) is 28.9 Å². The zero-order valence-electron chi connectivity index (χ0n) is 15.7. The number of hydrogen-bond donors (Lipinski definition) is 1. The number of methoxy groups -OCH3 is 1. The predicted octanol–water partition coefficient (Wildman–Crippen LogP) is 3.57. The van der Waals surface area contributed by atoms with Gasteiger partial charge < -0.3 is 19.4 Å². The van der Waals surface area contributed by atoms with Crippen molar-refractivity contribution in [2.45, 2.75) is 20.8 Å². The normalized spacial score (nSPS) is 10.8. The highest BCUT2D eigenvalue weighted by Crippen LogP contribution is 2.34. The van der Waals surface area contributed by atoms with E-state index in [-0.39, 0.29) is 16.5 Å². The molecule has 2 amide bonds. The predicted molar refractivity (Wildman–Crippen MR) is 104 cm³/mol. The number of esters is 1. The Morgan fingerprint density at radius 1 is 1.30 bits per heavy atom. The van der Waals surface area contributed by atoms with Crippen LogP contribution in [0.3, 0.4) is 0 Å². The third-order valence-corrected chi connectivity index (χ3v) is 5.16. The quantitative estimate of drug-likeness (QED) is 0.577. The van der Waals surface area contributed by atoms with Gasteiger partial charge in [0.25, 0.3) is 5.91 Å². The molecule has 2 heterocycles. The lowest BCUT2D eigenvalue weighted by Gasteiger charge is -2.17. The Morgan fingerprint density at radius 2 is 2.00 bits per heavy atom. The van der Waals surface area contributed by atoms with Crippen molar-refractivity contribution in [3.8, 4) is 0 Å². The van der Waals surface area contributed by atoms with Gasteiger partial charge in [0.2, 0.25) is 5.91 Å². The SMILES string of the molecule is CCN(CC)C(=O)c1sc(NC(=O)C=Cc2ccco2)c(C(=O)OC)c1C. The minimum absolute atomic E-state index is 0.181. The monoisotopic (exact) mass is 390 g/mol. The second-order valence-electron chi connectivity index (χ2n) is 5.57. The van der Waals surface area contributed by atoms with E-state index >= 15 is 0 Å². The molecule has 0 unspecified atom stereocenters. The molecule has 144 valence electrons. The topological polar surface area (TPSA) is 88.9 Å². The fourth-order valence-electron chi connectivity index (χ4n) is 2.51. The van der Waals surface area contributed by atoms with E-state index in [4.69, 9.17) is 9.15 Å². The van der Waals surface area contributed by atoms with Crippen molar-refractivity contribution in [1.82, 2.24) is 4.90 Å². The number of furan rings is 1. The Labute approximate surface area is 161 Å². The van der Waals surface area contributed by atoms with Crippen molar-refractivity contribution in [3.63, 3.8) is 0 Å². The zero-order valence-corrected chi connectivity index (χ0v) is 16.5. The average Bonchev–Trinajstić information content (AvgIpc) is 3.28. The lowest BCUT2D eigenvalue weighted by Crippen LogP contribution is -2.30. The van der Waals surface area contributed by atoms with Crippen molar-refractivity contribution < 1.29 is 23.5 Å². The van der Waals surface area contributed by atoms with Crippen LogP contribution in [0.2, 0.25) is 0 Å². The highest BCUT2D eigenvalue weighted by Gasteiger charge is 2.27. The second kappa shape index (κ2) is 9.18. The molecule has 7 nitrogen and oxygen atoms in total. The zero-order chi connectivity index (χ0) is 20.0. The van der Waals surface area contributed by atoms with Gasteiger partial charge in [-0.25, -0.2) is 4.79 Å². The maximum Gasteiger partial charge on any atom is 0.341 e. The first kappa shape index (κ1) is 20.4.